The Labute approximate surface area is 84.2 Å². The lowest BCUT2D eigenvalue weighted by atomic mass is 10.4. The molecule has 0 amide bonds. The first-order valence-electron chi connectivity index (χ1n) is 3.31. The van der Waals surface area contributed by atoms with Crippen LogP contribution in [0.3, 0.4) is 0 Å². The van der Waals surface area contributed by atoms with Crippen molar-refractivity contribution in [2.24, 2.45) is 12.8 Å². The molecular weight excluding hydrogens is 240 g/mol. The van der Waals surface area contributed by atoms with Crippen LogP contribution in [0.15, 0.2) is 10.7 Å². The fourth-order valence-corrected chi connectivity index (χ4v) is 1.38. The highest BCUT2D eigenvalue weighted by molar-refractivity contribution is 9.10. The molecule has 0 fully saturated rings. The summed E-state index contributed by atoms with van der Waals surface area (Å²) in [4.78, 5) is 0. The molecule has 6 heteroatoms. The van der Waals surface area contributed by atoms with Gasteiger partial charge in [-0.25, -0.2) is 0 Å². The predicted octanol–water partition coefficient (Wildman–Crippen LogP) is 0.516. The quantitative estimate of drug-likeness (QED) is 0.750. The fourth-order valence-electron chi connectivity index (χ4n) is 0.796. The Hall–Kier alpha value is -0.620. The third kappa shape index (κ3) is 2.46. The molecule has 0 saturated heterocycles. The maximum absolute atomic E-state index is 5.27. The molecule has 0 aliphatic heterocycles. The molecule has 0 aromatic carbocycles. The zero-order valence-electron chi connectivity index (χ0n) is 6.54. The molecule has 0 atom stereocenters. The van der Waals surface area contributed by atoms with Crippen molar-refractivity contribution in [1.29, 1.82) is 0 Å². The highest BCUT2D eigenvalue weighted by Gasteiger charge is 2.03. The van der Waals surface area contributed by atoms with Crippen LogP contribution in [0.25, 0.3) is 0 Å². The van der Waals surface area contributed by atoms with Gasteiger partial charge in [0.25, 0.3) is 0 Å². The van der Waals surface area contributed by atoms with Crippen LogP contribution >= 0.6 is 28.1 Å². The summed E-state index contributed by atoms with van der Waals surface area (Å²) in [6.45, 7) is 0.552. The summed E-state index contributed by atoms with van der Waals surface area (Å²) in [7, 11) is 1.86. The highest BCUT2D eigenvalue weighted by atomic mass is 79.9. The lowest BCUT2D eigenvalue weighted by Crippen LogP contribution is -2.28. The molecule has 0 aliphatic carbocycles. The van der Waals surface area contributed by atoms with Crippen molar-refractivity contribution in [2.45, 2.75) is 6.54 Å². The van der Waals surface area contributed by atoms with Crippen LogP contribution < -0.4 is 11.1 Å². The first kappa shape index (κ1) is 9.47. The van der Waals surface area contributed by atoms with E-state index in [1.54, 1.807) is 4.68 Å². The van der Waals surface area contributed by atoms with E-state index in [2.05, 4.69) is 38.6 Å². The van der Waals surface area contributed by atoms with Crippen LogP contribution in [-0.2, 0) is 13.6 Å². The van der Waals surface area contributed by atoms with E-state index < -0.39 is 0 Å². The molecule has 0 radical (unpaired) electrons. The smallest absolute Gasteiger partial charge is 0.163 e. The molecule has 1 rings (SSSR count). The largest absolute Gasteiger partial charge is 0.376 e. The van der Waals surface area contributed by atoms with Crippen molar-refractivity contribution in [3.63, 3.8) is 0 Å². The maximum Gasteiger partial charge on any atom is 0.163 e. The van der Waals surface area contributed by atoms with Crippen molar-refractivity contribution < 1.29 is 0 Å². The number of aryl methyl sites for hydroxylation is 1. The third-order valence-electron chi connectivity index (χ3n) is 1.28. The summed E-state index contributed by atoms with van der Waals surface area (Å²) in [6, 6.07) is 0. The van der Waals surface area contributed by atoms with Crippen LogP contribution in [0, 0.1) is 0 Å². The summed E-state index contributed by atoms with van der Waals surface area (Å²) in [6.07, 6.45) is 1.87. The standard InChI is InChI=1S/C6H9BrN4S/c1-11-3-4(7)5(10-11)2-9-6(8)12/h3H,2H2,1H3,(H3,8,9,12). The Bertz CT molecular complexity index is 296. The molecule has 0 spiro atoms. The second-order valence-corrected chi connectivity index (χ2v) is 3.61. The fraction of sp³-hybridized carbons (Fsp3) is 0.333. The molecule has 66 valence electrons. The number of rotatable bonds is 2. The normalized spacial score (nSPS) is 9.83. The Balaban J connectivity index is 2.62. The van der Waals surface area contributed by atoms with Crippen LogP contribution in [0.1, 0.15) is 5.69 Å². The Morgan fingerprint density at radius 1 is 1.92 bits per heavy atom. The van der Waals surface area contributed by atoms with Gasteiger partial charge in [0.1, 0.15) is 0 Å². The van der Waals surface area contributed by atoms with Gasteiger partial charge >= 0.3 is 0 Å². The highest BCUT2D eigenvalue weighted by Crippen LogP contribution is 2.13. The first-order valence-corrected chi connectivity index (χ1v) is 4.51. The van der Waals surface area contributed by atoms with E-state index in [0.29, 0.717) is 6.54 Å². The summed E-state index contributed by atoms with van der Waals surface area (Å²) < 4.78 is 2.68. The number of aromatic nitrogens is 2. The molecule has 1 aromatic rings. The lowest BCUT2D eigenvalue weighted by molar-refractivity contribution is 0.731. The summed E-state index contributed by atoms with van der Waals surface area (Å²) in [5.41, 5.74) is 6.16. The van der Waals surface area contributed by atoms with Crippen molar-refractivity contribution >= 4 is 33.3 Å². The molecular formula is C6H9BrN4S. The van der Waals surface area contributed by atoms with Crippen LogP contribution in [0.5, 0.6) is 0 Å². The third-order valence-corrected chi connectivity index (χ3v) is 2.09. The number of hydrogen-bond donors (Lipinski definition) is 2. The molecule has 4 nitrogen and oxygen atoms in total. The van der Waals surface area contributed by atoms with E-state index in [9.17, 15) is 0 Å². The zero-order chi connectivity index (χ0) is 9.14. The second-order valence-electron chi connectivity index (χ2n) is 2.32. The molecule has 0 bridgehead atoms. The van der Waals surface area contributed by atoms with Gasteiger partial charge in [-0.15, -0.1) is 0 Å². The summed E-state index contributed by atoms with van der Waals surface area (Å²) >= 11 is 8.02. The number of nitrogens with zero attached hydrogens (tertiary/aromatic N) is 2. The zero-order valence-corrected chi connectivity index (χ0v) is 8.94. The van der Waals surface area contributed by atoms with Crippen molar-refractivity contribution in [1.82, 2.24) is 15.1 Å². The van der Waals surface area contributed by atoms with Crippen molar-refractivity contribution in [2.75, 3.05) is 0 Å². The molecule has 0 saturated carbocycles. The Kier molecular flexibility index (Phi) is 3.05. The Morgan fingerprint density at radius 2 is 2.58 bits per heavy atom. The van der Waals surface area contributed by atoms with E-state index in [-0.39, 0.29) is 5.11 Å². The minimum Gasteiger partial charge on any atom is -0.376 e. The average Bonchev–Trinajstić information content (AvgIpc) is 2.26. The number of halogens is 1. The van der Waals surface area contributed by atoms with Crippen LogP contribution in [0.4, 0.5) is 0 Å². The van der Waals surface area contributed by atoms with Gasteiger partial charge in [0.15, 0.2) is 5.11 Å². The topological polar surface area (TPSA) is 55.9 Å². The van der Waals surface area contributed by atoms with Crippen LogP contribution in [0.2, 0.25) is 0 Å². The molecule has 1 heterocycles. The van der Waals surface area contributed by atoms with E-state index >= 15 is 0 Å². The van der Waals surface area contributed by atoms with Gasteiger partial charge in [-0.05, 0) is 28.1 Å². The van der Waals surface area contributed by atoms with Gasteiger partial charge in [-0.3, -0.25) is 4.68 Å². The van der Waals surface area contributed by atoms with E-state index in [4.69, 9.17) is 5.73 Å². The van der Waals surface area contributed by atoms with Gasteiger partial charge in [0, 0.05) is 13.2 Å². The number of hydrogen-bond acceptors (Lipinski definition) is 2. The monoisotopic (exact) mass is 248 g/mol. The second kappa shape index (κ2) is 3.86. The summed E-state index contributed by atoms with van der Waals surface area (Å²) in [5.74, 6) is 0. The van der Waals surface area contributed by atoms with Gasteiger partial charge in [0.2, 0.25) is 0 Å². The van der Waals surface area contributed by atoms with E-state index in [1.807, 2.05) is 13.2 Å². The molecule has 3 N–H and O–H groups in total. The average molecular weight is 249 g/mol. The van der Waals surface area contributed by atoms with Gasteiger partial charge < -0.3 is 11.1 Å². The minimum absolute atomic E-state index is 0.285. The van der Waals surface area contributed by atoms with Crippen molar-refractivity contribution in [3.05, 3.63) is 16.4 Å². The molecule has 0 aliphatic rings. The van der Waals surface area contributed by atoms with Crippen LogP contribution in [-0.4, -0.2) is 14.9 Å². The number of nitrogens with two attached hydrogens (primary N) is 1. The minimum atomic E-state index is 0.285. The number of nitrogens with one attached hydrogen (secondary N) is 1. The SMILES string of the molecule is Cn1cc(Br)c(CNC(N)=S)n1. The lowest BCUT2D eigenvalue weighted by Gasteiger charge is -1.99. The molecule has 0 unspecified atom stereocenters. The van der Waals surface area contributed by atoms with Gasteiger partial charge in [0.05, 0.1) is 16.7 Å². The number of thiocarbonyl (C=S) groups is 1. The summed E-state index contributed by atoms with van der Waals surface area (Å²) in [5, 5.41) is 7.28. The molecule has 1 aromatic heterocycles. The predicted molar refractivity (Wildman–Crippen MR) is 54.5 cm³/mol. The maximum atomic E-state index is 5.27. The van der Waals surface area contributed by atoms with Gasteiger partial charge in [-0.1, -0.05) is 0 Å². The molecule has 12 heavy (non-hydrogen) atoms. The van der Waals surface area contributed by atoms with E-state index in [1.165, 1.54) is 0 Å². The Morgan fingerprint density at radius 3 is 3.00 bits per heavy atom. The first-order chi connectivity index (χ1) is 5.59. The van der Waals surface area contributed by atoms with E-state index in [0.717, 1.165) is 10.2 Å². The van der Waals surface area contributed by atoms with Gasteiger partial charge in [-0.2, -0.15) is 5.10 Å². The van der Waals surface area contributed by atoms with Crippen molar-refractivity contribution in [3.8, 4) is 0 Å².